The summed E-state index contributed by atoms with van der Waals surface area (Å²) in [5, 5.41) is 5.81. The Balaban J connectivity index is 1.75. The van der Waals surface area contributed by atoms with E-state index in [4.69, 9.17) is 4.74 Å². The Kier molecular flexibility index (Phi) is 4.89. The summed E-state index contributed by atoms with van der Waals surface area (Å²) in [6.07, 6.45) is 3.03. The van der Waals surface area contributed by atoms with Crippen LogP contribution in [-0.4, -0.2) is 18.0 Å². The van der Waals surface area contributed by atoms with E-state index in [9.17, 15) is 9.18 Å². The smallest absolute Gasteiger partial charge is 0.257 e. The number of benzene rings is 2. The van der Waals surface area contributed by atoms with Crippen LogP contribution in [0.15, 0.2) is 67.0 Å². The predicted octanol–water partition coefficient (Wildman–Crippen LogP) is 4.23. The standard InChI is InChI=1S/C19H16FN3O2/c1-25-18-7-3-6-16(10-18)23-19(24)13-8-17(12-21-11-13)22-15-5-2-4-14(20)9-15/h2-12,22H,1H3,(H,23,24). The fourth-order valence-corrected chi connectivity index (χ4v) is 2.27. The van der Waals surface area contributed by atoms with Crippen LogP contribution in [0.4, 0.5) is 21.5 Å². The molecule has 1 aromatic heterocycles. The van der Waals surface area contributed by atoms with Crippen LogP contribution in [0.3, 0.4) is 0 Å². The molecular formula is C19H16FN3O2. The fourth-order valence-electron chi connectivity index (χ4n) is 2.27. The number of anilines is 3. The van der Waals surface area contributed by atoms with E-state index >= 15 is 0 Å². The molecule has 1 heterocycles. The van der Waals surface area contributed by atoms with E-state index in [1.54, 1.807) is 55.8 Å². The van der Waals surface area contributed by atoms with Crippen molar-refractivity contribution in [2.75, 3.05) is 17.7 Å². The molecule has 0 atom stereocenters. The maximum absolute atomic E-state index is 13.3. The Morgan fingerprint density at radius 1 is 1.00 bits per heavy atom. The van der Waals surface area contributed by atoms with Crippen LogP contribution in [0, 0.1) is 5.82 Å². The minimum atomic E-state index is -0.343. The Morgan fingerprint density at radius 3 is 2.60 bits per heavy atom. The molecule has 25 heavy (non-hydrogen) atoms. The summed E-state index contributed by atoms with van der Waals surface area (Å²) in [7, 11) is 1.56. The van der Waals surface area contributed by atoms with Crippen molar-refractivity contribution in [3.05, 3.63) is 78.4 Å². The third-order valence-corrected chi connectivity index (χ3v) is 3.44. The van der Waals surface area contributed by atoms with E-state index in [2.05, 4.69) is 15.6 Å². The molecule has 0 aliphatic rings. The number of carbonyl (C=O) groups excluding carboxylic acids is 1. The van der Waals surface area contributed by atoms with E-state index in [1.807, 2.05) is 0 Å². The van der Waals surface area contributed by atoms with Crippen LogP contribution in [0.25, 0.3) is 0 Å². The van der Waals surface area contributed by atoms with Gasteiger partial charge in [0.2, 0.25) is 0 Å². The Morgan fingerprint density at radius 2 is 1.80 bits per heavy atom. The fraction of sp³-hybridized carbons (Fsp3) is 0.0526. The van der Waals surface area contributed by atoms with Crippen LogP contribution in [0.2, 0.25) is 0 Å². The number of pyridine rings is 1. The van der Waals surface area contributed by atoms with Gasteiger partial charge in [-0.2, -0.15) is 0 Å². The number of hydrogen-bond donors (Lipinski definition) is 2. The number of amides is 1. The van der Waals surface area contributed by atoms with Gasteiger partial charge in [0, 0.05) is 23.6 Å². The Hall–Kier alpha value is -3.41. The number of nitrogens with one attached hydrogen (secondary N) is 2. The number of methoxy groups -OCH3 is 1. The summed E-state index contributed by atoms with van der Waals surface area (Å²) in [5.74, 6) is 0.00553. The highest BCUT2D eigenvalue weighted by atomic mass is 19.1. The van der Waals surface area contributed by atoms with E-state index < -0.39 is 0 Å². The number of rotatable bonds is 5. The van der Waals surface area contributed by atoms with Gasteiger partial charge in [0.1, 0.15) is 11.6 Å². The molecule has 0 aliphatic heterocycles. The second-order valence-corrected chi connectivity index (χ2v) is 5.28. The quantitative estimate of drug-likeness (QED) is 0.731. The van der Waals surface area contributed by atoms with Crippen molar-refractivity contribution < 1.29 is 13.9 Å². The first-order valence-corrected chi connectivity index (χ1v) is 7.57. The molecule has 0 fully saturated rings. The molecule has 1 amide bonds. The van der Waals surface area contributed by atoms with Gasteiger partial charge in [-0.05, 0) is 36.4 Å². The summed E-state index contributed by atoms with van der Waals surface area (Å²) in [5.41, 5.74) is 2.16. The molecule has 5 nitrogen and oxygen atoms in total. The van der Waals surface area contributed by atoms with Crippen LogP contribution in [-0.2, 0) is 0 Å². The number of hydrogen-bond acceptors (Lipinski definition) is 4. The van der Waals surface area contributed by atoms with Crippen molar-refractivity contribution in [2.45, 2.75) is 0 Å². The van der Waals surface area contributed by atoms with Crippen molar-refractivity contribution in [3.63, 3.8) is 0 Å². The lowest BCUT2D eigenvalue weighted by Gasteiger charge is -2.09. The summed E-state index contributed by atoms with van der Waals surface area (Å²) in [6, 6.07) is 14.8. The molecule has 3 rings (SSSR count). The molecule has 0 spiro atoms. The lowest BCUT2D eigenvalue weighted by molar-refractivity contribution is 0.102. The zero-order valence-electron chi connectivity index (χ0n) is 13.5. The van der Waals surface area contributed by atoms with E-state index in [1.165, 1.54) is 18.3 Å². The maximum Gasteiger partial charge on any atom is 0.257 e. The number of halogens is 1. The Bertz CT molecular complexity index is 899. The van der Waals surface area contributed by atoms with Gasteiger partial charge in [-0.1, -0.05) is 12.1 Å². The average Bonchev–Trinajstić information content (AvgIpc) is 2.62. The average molecular weight is 337 g/mol. The monoisotopic (exact) mass is 337 g/mol. The van der Waals surface area contributed by atoms with Crippen molar-refractivity contribution in [1.29, 1.82) is 0 Å². The van der Waals surface area contributed by atoms with Crippen LogP contribution in [0.5, 0.6) is 5.75 Å². The molecule has 2 aromatic carbocycles. The van der Waals surface area contributed by atoms with Gasteiger partial charge in [-0.15, -0.1) is 0 Å². The van der Waals surface area contributed by atoms with Crippen molar-refractivity contribution in [1.82, 2.24) is 4.98 Å². The van der Waals surface area contributed by atoms with Gasteiger partial charge in [-0.3, -0.25) is 9.78 Å². The molecular weight excluding hydrogens is 321 g/mol. The predicted molar refractivity (Wildman–Crippen MR) is 94.9 cm³/mol. The normalized spacial score (nSPS) is 10.2. The molecule has 0 saturated carbocycles. The summed E-state index contributed by atoms with van der Waals surface area (Å²) >= 11 is 0. The first kappa shape index (κ1) is 16.4. The van der Waals surface area contributed by atoms with Gasteiger partial charge in [0.15, 0.2) is 0 Å². The molecule has 0 bridgehead atoms. The zero-order valence-corrected chi connectivity index (χ0v) is 13.5. The molecule has 0 radical (unpaired) electrons. The van der Waals surface area contributed by atoms with Crippen LogP contribution < -0.4 is 15.4 Å². The first-order valence-electron chi connectivity index (χ1n) is 7.57. The van der Waals surface area contributed by atoms with E-state index in [0.717, 1.165) is 0 Å². The topological polar surface area (TPSA) is 63.2 Å². The second-order valence-electron chi connectivity index (χ2n) is 5.28. The lowest BCUT2D eigenvalue weighted by Crippen LogP contribution is -2.12. The SMILES string of the molecule is COc1cccc(NC(=O)c2cncc(Nc3cccc(F)c3)c2)c1. The van der Waals surface area contributed by atoms with Crippen molar-refractivity contribution >= 4 is 23.0 Å². The number of nitrogens with zero attached hydrogens (tertiary/aromatic N) is 1. The van der Waals surface area contributed by atoms with Crippen molar-refractivity contribution in [3.8, 4) is 5.75 Å². The van der Waals surface area contributed by atoms with Gasteiger partial charge in [0.25, 0.3) is 5.91 Å². The number of aromatic nitrogens is 1. The molecule has 6 heteroatoms. The highest BCUT2D eigenvalue weighted by Gasteiger charge is 2.08. The highest BCUT2D eigenvalue weighted by molar-refractivity contribution is 6.04. The third-order valence-electron chi connectivity index (χ3n) is 3.44. The highest BCUT2D eigenvalue weighted by Crippen LogP contribution is 2.20. The van der Waals surface area contributed by atoms with E-state index in [-0.39, 0.29) is 11.7 Å². The summed E-state index contributed by atoms with van der Waals surface area (Å²) in [6.45, 7) is 0. The molecule has 126 valence electrons. The first-order chi connectivity index (χ1) is 12.1. The van der Waals surface area contributed by atoms with Crippen LogP contribution in [0.1, 0.15) is 10.4 Å². The van der Waals surface area contributed by atoms with Crippen molar-refractivity contribution in [2.24, 2.45) is 0 Å². The third kappa shape index (κ3) is 4.32. The Labute approximate surface area is 144 Å². The summed E-state index contributed by atoms with van der Waals surface area (Å²) < 4.78 is 18.4. The summed E-state index contributed by atoms with van der Waals surface area (Å²) in [4.78, 5) is 16.5. The van der Waals surface area contributed by atoms with E-state index in [0.29, 0.717) is 28.4 Å². The second kappa shape index (κ2) is 7.44. The zero-order chi connectivity index (χ0) is 17.6. The van der Waals surface area contributed by atoms with Crippen LogP contribution >= 0.6 is 0 Å². The molecule has 0 aliphatic carbocycles. The van der Waals surface area contributed by atoms with Gasteiger partial charge >= 0.3 is 0 Å². The largest absolute Gasteiger partial charge is 0.497 e. The number of ether oxygens (including phenoxy) is 1. The van der Waals surface area contributed by atoms with Gasteiger partial charge in [-0.25, -0.2) is 4.39 Å². The molecule has 0 saturated heterocycles. The number of carbonyl (C=O) groups is 1. The molecule has 2 N–H and O–H groups in total. The molecule has 0 unspecified atom stereocenters. The molecule has 3 aromatic rings. The minimum Gasteiger partial charge on any atom is -0.497 e. The van der Waals surface area contributed by atoms with Gasteiger partial charge < -0.3 is 15.4 Å². The maximum atomic E-state index is 13.3. The lowest BCUT2D eigenvalue weighted by atomic mass is 10.2. The van der Waals surface area contributed by atoms with Gasteiger partial charge in [0.05, 0.1) is 24.6 Å². The minimum absolute atomic E-state index is 0.302.